The van der Waals surface area contributed by atoms with Crippen LogP contribution in [0.4, 0.5) is 5.69 Å². The predicted octanol–water partition coefficient (Wildman–Crippen LogP) is 2.58. The summed E-state index contributed by atoms with van der Waals surface area (Å²) in [6, 6.07) is 7.26. The van der Waals surface area contributed by atoms with Gasteiger partial charge in [-0.1, -0.05) is 11.6 Å². The molecule has 37 heavy (non-hydrogen) atoms. The van der Waals surface area contributed by atoms with E-state index in [1.807, 2.05) is 0 Å². The van der Waals surface area contributed by atoms with E-state index in [-0.39, 0.29) is 28.7 Å². The van der Waals surface area contributed by atoms with Gasteiger partial charge in [-0.3, -0.25) is 4.79 Å². The Morgan fingerprint density at radius 2 is 1.70 bits per heavy atom. The lowest BCUT2D eigenvalue weighted by molar-refractivity contribution is -0.142. The molecule has 1 aliphatic heterocycles. The van der Waals surface area contributed by atoms with Crippen LogP contribution in [0, 0.1) is 0 Å². The van der Waals surface area contributed by atoms with Gasteiger partial charge in [-0.25, -0.2) is 13.2 Å². The number of nitrogens with zero attached hydrogens (tertiary/aromatic N) is 1. The molecule has 2 aromatic rings. The van der Waals surface area contributed by atoms with Crippen LogP contribution < -0.4 is 19.5 Å². The molecule has 2 aromatic carbocycles. The summed E-state index contributed by atoms with van der Waals surface area (Å²) >= 11 is 6.14. The van der Waals surface area contributed by atoms with Crippen LogP contribution in [0.3, 0.4) is 0 Å². The van der Waals surface area contributed by atoms with Crippen LogP contribution in [-0.2, 0) is 29.1 Å². The number of hydrogen-bond donors (Lipinski definition) is 1. The normalized spacial score (nSPS) is 14.3. The Labute approximate surface area is 219 Å². The summed E-state index contributed by atoms with van der Waals surface area (Å²) in [5.41, 5.74) is 0.644. The molecule has 200 valence electrons. The van der Waals surface area contributed by atoms with Crippen molar-refractivity contribution in [2.75, 3.05) is 59.6 Å². The molecule has 3 rings (SSSR count). The quantitative estimate of drug-likeness (QED) is 0.348. The molecule has 1 amide bonds. The highest BCUT2D eigenvalue weighted by atomic mass is 35.5. The SMILES string of the molecule is COc1cc(/C=C/C(=O)OCC(=O)Nc2cc(S(=O)(=O)N3CCOCC3)ccc2Cl)cc(OC)c1OC. The number of hydrogen-bond acceptors (Lipinski definition) is 9. The number of halogens is 1. The minimum atomic E-state index is -3.79. The number of carbonyl (C=O) groups is 2. The molecule has 11 nitrogen and oxygen atoms in total. The Balaban J connectivity index is 1.62. The fourth-order valence-corrected chi connectivity index (χ4v) is 5.03. The number of ether oxygens (including phenoxy) is 5. The van der Waals surface area contributed by atoms with Crippen LogP contribution in [0.25, 0.3) is 6.08 Å². The molecule has 1 fully saturated rings. The van der Waals surface area contributed by atoms with Crippen LogP contribution in [0.1, 0.15) is 5.56 Å². The van der Waals surface area contributed by atoms with E-state index in [2.05, 4.69) is 5.32 Å². The monoisotopic (exact) mass is 554 g/mol. The number of anilines is 1. The van der Waals surface area contributed by atoms with Crippen LogP contribution in [0.2, 0.25) is 5.02 Å². The average Bonchev–Trinajstić information content (AvgIpc) is 2.91. The second-order valence-electron chi connectivity index (χ2n) is 7.61. The minimum Gasteiger partial charge on any atom is -0.493 e. The first-order chi connectivity index (χ1) is 17.7. The van der Waals surface area contributed by atoms with E-state index in [9.17, 15) is 18.0 Å². The lowest BCUT2D eigenvalue weighted by Gasteiger charge is -2.26. The molecule has 13 heteroatoms. The van der Waals surface area contributed by atoms with Gasteiger partial charge in [0.05, 0.1) is 50.1 Å². The van der Waals surface area contributed by atoms with Crippen molar-refractivity contribution in [2.24, 2.45) is 0 Å². The fraction of sp³-hybridized carbons (Fsp3) is 0.333. The number of amides is 1. The number of sulfonamides is 1. The van der Waals surface area contributed by atoms with Crippen molar-refractivity contribution in [1.29, 1.82) is 0 Å². The Kier molecular flexibility index (Phi) is 9.75. The third-order valence-electron chi connectivity index (χ3n) is 5.26. The fourth-order valence-electron chi connectivity index (χ4n) is 3.43. The third kappa shape index (κ3) is 7.13. The summed E-state index contributed by atoms with van der Waals surface area (Å²) in [5, 5.41) is 2.60. The Morgan fingerprint density at radius 1 is 1.05 bits per heavy atom. The predicted molar refractivity (Wildman–Crippen MR) is 136 cm³/mol. The topological polar surface area (TPSA) is 130 Å². The lowest BCUT2D eigenvalue weighted by atomic mass is 10.1. The summed E-state index contributed by atoms with van der Waals surface area (Å²) in [7, 11) is 0.629. The maximum absolute atomic E-state index is 12.9. The van der Waals surface area contributed by atoms with Gasteiger partial charge in [0.1, 0.15) is 0 Å². The maximum atomic E-state index is 12.9. The van der Waals surface area contributed by atoms with E-state index in [0.717, 1.165) is 6.08 Å². The number of benzene rings is 2. The van der Waals surface area contributed by atoms with E-state index in [1.54, 1.807) is 12.1 Å². The molecule has 0 bridgehead atoms. The summed E-state index contributed by atoms with van der Waals surface area (Å²) in [6.45, 7) is 0.444. The molecule has 0 spiro atoms. The highest BCUT2D eigenvalue weighted by Gasteiger charge is 2.27. The van der Waals surface area contributed by atoms with Gasteiger partial charge in [0.25, 0.3) is 5.91 Å². The maximum Gasteiger partial charge on any atom is 0.331 e. The molecule has 1 aliphatic rings. The van der Waals surface area contributed by atoms with E-state index >= 15 is 0 Å². The summed E-state index contributed by atoms with van der Waals surface area (Å²) < 4.78 is 53.0. The number of morpholine rings is 1. The zero-order valence-electron chi connectivity index (χ0n) is 20.5. The largest absolute Gasteiger partial charge is 0.493 e. The molecule has 0 aromatic heterocycles. The third-order valence-corrected chi connectivity index (χ3v) is 7.49. The highest BCUT2D eigenvalue weighted by molar-refractivity contribution is 7.89. The van der Waals surface area contributed by atoms with Crippen molar-refractivity contribution in [2.45, 2.75) is 4.90 Å². The van der Waals surface area contributed by atoms with Gasteiger partial charge >= 0.3 is 5.97 Å². The number of esters is 1. The standard InChI is InChI=1S/C24H27ClN2O9S/c1-32-20-12-16(13-21(33-2)24(20)34-3)4-7-23(29)36-15-22(28)26-19-14-17(5-6-18(19)25)37(30,31)27-8-10-35-11-9-27/h4-7,12-14H,8-11,15H2,1-3H3,(H,26,28)/b7-4+. The zero-order chi connectivity index (χ0) is 27.0. The van der Waals surface area contributed by atoms with Gasteiger partial charge in [0.2, 0.25) is 15.8 Å². The first-order valence-corrected chi connectivity index (χ1v) is 12.8. The highest BCUT2D eigenvalue weighted by Crippen LogP contribution is 2.38. The van der Waals surface area contributed by atoms with Gasteiger partial charge < -0.3 is 29.0 Å². The van der Waals surface area contributed by atoms with Gasteiger partial charge in [0, 0.05) is 19.2 Å². The van der Waals surface area contributed by atoms with Crippen LogP contribution in [0.5, 0.6) is 17.2 Å². The molecular formula is C24H27ClN2O9S. The second-order valence-corrected chi connectivity index (χ2v) is 9.95. The smallest absolute Gasteiger partial charge is 0.331 e. The molecule has 1 heterocycles. The lowest BCUT2D eigenvalue weighted by Crippen LogP contribution is -2.40. The van der Waals surface area contributed by atoms with Crippen molar-refractivity contribution < 1.29 is 41.7 Å². The number of carbonyl (C=O) groups excluding carboxylic acids is 2. The van der Waals surface area contributed by atoms with Gasteiger partial charge in [-0.2, -0.15) is 4.31 Å². The van der Waals surface area contributed by atoms with Gasteiger partial charge in [0.15, 0.2) is 18.1 Å². The first kappa shape index (κ1) is 28.3. The Morgan fingerprint density at radius 3 is 2.30 bits per heavy atom. The van der Waals surface area contributed by atoms with E-state index < -0.39 is 28.5 Å². The molecule has 1 N–H and O–H groups in total. The van der Waals surface area contributed by atoms with Crippen molar-refractivity contribution in [3.63, 3.8) is 0 Å². The molecule has 0 atom stereocenters. The summed E-state index contributed by atoms with van der Waals surface area (Å²) in [4.78, 5) is 24.5. The van der Waals surface area contributed by atoms with Crippen LogP contribution >= 0.6 is 11.6 Å². The van der Waals surface area contributed by atoms with Crippen molar-refractivity contribution in [3.8, 4) is 17.2 Å². The number of methoxy groups -OCH3 is 3. The summed E-state index contributed by atoms with van der Waals surface area (Å²) in [5.74, 6) is -0.258. The van der Waals surface area contributed by atoms with E-state index in [0.29, 0.717) is 36.0 Å². The van der Waals surface area contributed by atoms with E-state index in [1.165, 1.54) is 49.9 Å². The molecule has 0 aliphatic carbocycles. The molecule has 0 unspecified atom stereocenters. The van der Waals surface area contributed by atoms with Crippen LogP contribution in [-0.4, -0.2) is 78.8 Å². The van der Waals surface area contributed by atoms with Gasteiger partial charge in [-0.15, -0.1) is 0 Å². The van der Waals surface area contributed by atoms with E-state index in [4.69, 9.17) is 35.3 Å². The minimum absolute atomic E-state index is 0.0284. The molecule has 0 radical (unpaired) electrons. The Bertz CT molecular complexity index is 1250. The van der Waals surface area contributed by atoms with Crippen molar-refractivity contribution in [3.05, 3.63) is 47.0 Å². The summed E-state index contributed by atoms with van der Waals surface area (Å²) in [6.07, 6.45) is 2.60. The number of rotatable bonds is 10. The molecule has 0 saturated carbocycles. The Hall–Kier alpha value is -3.32. The number of nitrogens with one attached hydrogen (secondary N) is 1. The zero-order valence-corrected chi connectivity index (χ0v) is 22.1. The van der Waals surface area contributed by atoms with Gasteiger partial charge in [-0.05, 0) is 42.0 Å². The first-order valence-electron chi connectivity index (χ1n) is 11.0. The molecule has 1 saturated heterocycles. The molecular weight excluding hydrogens is 528 g/mol. The van der Waals surface area contributed by atoms with Crippen molar-refractivity contribution in [1.82, 2.24) is 4.31 Å². The van der Waals surface area contributed by atoms with Crippen LogP contribution in [0.15, 0.2) is 41.3 Å². The average molecular weight is 555 g/mol. The van der Waals surface area contributed by atoms with Crippen molar-refractivity contribution >= 4 is 45.3 Å². The second kappa shape index (κ2) is 12.8.